The highest BCUT2D eigenvalue weighted by atomic mass is 16.6. The summed E-state index contributed by atoms with van der Waals surface area (Å²) in [5, 5.41) is 12.5. The van der Waals surface area contributed by atoms with Gasteiger partial charge in [0.1, 0.15) is 0 Å². The van der Waals surface area contributed by atoms with Gasteiger partial charge in [0, 0.05) is 7.11 Å². The van der Waals surface area contributed by atoms with Crippen LogP contribution in [-0.2, 0) is 19.1 Å². The highest BCUT2D eigenvalue weighted by Crippen LogP contribution is 2.40. The minimum Gasteiger partial charge on any atom is -0.454 e. The van der Waals surface area contributed by atoms with Crippen molar-refractivity contribution in [3.63, 3.8) is 0 Å². The molecule has 0 aromatic heterocycles. The zero-order valence-corrected chi connectivity index (χ0v) is 9.39. The highest BCUT2D eigenvalue weighted by Gasteiger charge is 2.72. The van der Waals surface area contributed by atoms with Crippen molar-refractivity contribution in [1.82, 2.24) is 5.32 Å². The molecule has 0 saturated carbocycles. The average molecular weight is 229 g/mol. The van der Waals surface area contributed by atoms with Crippen molar-refractivity contribution in [2.45, 2.75) is 37.7 Å². The van der Waals surface area contributed by atoms with Gasteiger partial charge in [-0.25, -0.2) is 4.79 Å². The number of hydrogen-bond donors (Lipinski definition) is 2. The van der Waals surface area contributed by atoms with Crippen LogP contribution in [0.3, 0.4) is 0 Å². The first-order chi connectivity index (χ1) is 7.45. The number of amides is 1. The molecule has 2 N–H and O–H groups in total. The molecule has 0 aliphatic carbocycles. The lowest BCUT2D eigenvalue weighted by Crippen LogP contribution is -2.74. The molecule has 6 heteroatoms. The Bertz CT molecular complexity index is 342. The fourth-order valence-electron chi connectivity index (χ4n) is 2.32. The molecule has 2 heterocycles. The summed E-state index contributed by atoms with van der Waals surface area (Å²) in [7, 11) is 1.37. The molecule has 1 amide bonds. The molecule has 2 fully saturated rings. The molecule has 0 aromatic carbocycles. The van der Waals surface area contributed by atoms with Gasteiger partial charge in [-0.3, -0.25) is 4.79 Å². The average Bonchev–Trinajstić information content (AvgIpc) is 2.46. The lowest BCUT2D eigenvalue weighted by atomic mass is 9.78. The van der Waals surface area contributed by atoms with E-state index >= 15 is 0 Å². The highest BCUT2D eigenvalue weighted by molar-refractivity contribution is 6.01. The van der Waals surface area contributed by atoms with Gasteiger partial charge in [-0.05, 0) is 5.92 Å². The Labute approximate surface area is 92.9 Å². The molecule has 2 aliphatic heterocycles. The molecule has 6 nitrogen and oxygen atoms in total. The normalized spacial score (nSPS) is 38.8. The summed E-state index contributed by atoms with van der Waals surface area (Å²) in [5.41, 5.74) is -1.31. The summed E-state index contributed by atoms with van der Waals surface area (Å²) in [5.74, 6) is -1.17. The SMILES string of the molecule is CO[C@H]1C(=O)N[C@@]2([C@@H](O)C(C)C)C(=O)O[C@@H]12. The van der Waals surface area contributed by atoms with E-state index in [0.29, 0.717) is 0 Å². The van der Waals surface area contributed by atoms with Crippen LogP contribution in [0, 0.1) is 5.92 Å². The van der Waals surface area contributed by atoms with Crippen molar-refractivity contribution >= 4 is 11.9 Å². The van der Waals surface area contributed by atoms with E-state index in [1.807, 2.05) is 0 Å². The minimum atomic E-state index is -1.31. The second-order valence-electron chi connectivity index (χ2n) is 4.53. The van der Waals surface area contributed by atoms with E-state index in [4.69, 9.17) is 9.47 Å². The van der Waals surface area contributed by atoms with E-state index < -0.39 is 35.7 Å². The number of aliphatic hydroxyl groups is 1. The molecular formula is C10H15NO5. The summed E-state index contributed by atoms with van der Waals surface area (Å²) in [6.45, 7) is 3.54. The van der Waals surface area contributed by atoms with Crippen LogP contribution >= 0.6 is 0 Å². The Morgan fingerprint density at radius 1 is 1.50 bits per heavy atom. The standard InChI is InChI=1S/C10H15NO5/c1-4(2)6(12)10-7(16-9(10)14)5(15-3)8(13)11-10/h4-7,12H,1-3H3,(H,11,13)/t5-,6+,7+,10-/m1/s1. The van der Waals surface area contributed by atoms with Crippen molar-refractivity contribution in [2.24, 2.45) is 5.92 Å². The van der Waals surface area contributed by atoms with Crippen LogP contribution in [0.4, 0.5) is 0 Å². The van der Waals surface area contributed by atoms with Crippen molar-refractivity contribution in [2.75, 3.05) is 7.11 Å². The Morgan fingerprint density at radius 2 is 2.12 bits per heavy atom. The number of hydrogen-bond acceptors (Lipinski definition) is 5. The van der Waals surface area contributed by atoms with Gasteiger partial charge in [0.05, 0.1) is 6.10 Å². The van der Waals surface area contributed by atoms with Gasteiger partial charge in [0.2, 0.25) is 5.54 Å². The molecule has 2 saturated heterocycles. The third kappa shape index (κ3) is 1.14. The first-order valence-electron chi connectivity index (χ1n) is 5.19. The first-order valence-corrected chi connectivity index (χ1v) is 5.19. The Balaban J connectivity index is 2.32. The molecule has 2 rings (SSSR count). The molecule has 0 spiro atoms. The number of methoxy groups -OCH3 is 1. The fourth-order valence-corrected chi connectivity index (χ4v) is 2.32. The number of nitrogens with one attached hydrogen (secondary N) is 1. The summed E-state index contributed by atoms with van der Waals surface area (Å²) in [4.78, 5) is 23.1. The van der Waals surface area contributed by atoms with Crippen LogP contribution in [0.1, 0.15) is 13.8 Å². The zero-order chi connectivity index (χ0) is 12.1. The zero-order valence-electron chi connectivity index (χ0n) is 9.39. The molecule has 16 heavy (non-hydrogen) atoms. The van der Waals surface area contributed by atoms with Crippen LogP contribution in [0.2, 0.25) is 0 Å². The molecule has 0 aromatic rings. The van der Waals surface area contributed by atoms with E-state index in [9.17, 15) is 14.7 Å². The number of aliphatic hydroxyl groups excluding tert-OH is 1. The van der Waals surface area contributed by atoms with Crippen molar-refractivity contribution in [3.8, 4) is 0 Å². The lowest BCUT2D eigenvalue weighted by Gasteiger charge is -2.46. The van der Waals surface area contributed by atoms with Crippen molar-refractivity contribution in [3.05, 3.63) is 0 Å². The molecule has 2 aliphatic rings. The van der Waals surface area contributed by atoms with E-state index in [1.54, 1.807) is 13.8 Å². The fraction of sp³-hybridized carbons (Fsp3) is 0.800. The molecule has 4 atom stereocenters. The third-order valence-electron chi connectivity index (χ3n) is 3.24. The van der Waals surface area contributed by atoms with Gasteiger partial charge in [-0.15, -0.1) is 0 Å². The maximum Gasteiger partial charge on any atom is 0.339 e. The monoisotopic (exact) mass is 229 g/mol. The summed E-state index contributed by atoms with van der Waals surface area (Å²) < 4.78 is 9.86. The van der Waals surface area contributed by atoms with E-state index in [-0.39, 0.29) is 5.92 Å². The van der Waals surface area contributed by atoms with Crippen molar-refractivity contribution < 1.29 is 24.2 Å². The largest absolute Gasteiger partial charge is 0.454 e. The van der Waals surface area contributed by atoms with Gasteiger partial charge in [0.25, 0.3) is 5.91 Å². The van der Waals surface area contributed by atoms with Crippen LogP contribution in [-0.4, -0.2) is 47.9 Å². The molecule has 0 unspecified atom stereocenters. The number of fused-ring (bicyclic) bond motifs is 1. The molecule has 90 valence electrons. The number of carbonyl (C=O) groups is 2. The maximum absolute atomic E-state index is 11.6. The summed E-state index contributed by atoms with van der Waals surface area (Å²) >= 11 is 0. The van der Waals surface area contributed by atoms with E-state index in [0.717, 1.165) is 0 Å². The van der Waals surface area contributed by atoms with Gasteiger partial charge >= 0.3 is 5.97 Å². The smallest absolute Gasteiger partial charge is 0.339 e. The Kier molecular flexibility index (Phi) is 2.43. The Hall–Kier alpha value is -1.14. The third-order valence-corrected chi connectivity index (χ3v) is 3.24. The minimum absolute atomic E-state index is 0.161. The second-order valence-corrected chi connectivity index (χ2v) is 4.53. The lowest BCUT2D eigenvalue weighted by molar-refractivity contribution is -0.213. The van der Waals surface area contributed by atoms with Gasteiger partial charge in [0.15, 0.2) is 12.2 Å². The van der Waals surface area contributed by atoms with Gasteiger partial charge in [-0.2, -0.15) is 0 Å². The predicted octanol–water partition coefficient (Wildman–Crippen LogP) is -1.19. The summed E-state index contributed by atoms with van der Waals surface area (Å²) in [6, 6.07) is 0. The molecular weight excluding hydrogens is 214 g/mol. The maximum atomic E-state index is 11.6. The first kappa shape index (κ1) is 11.3. The van der Waals surface area contributed by atoms with Crippen LogP contribution in [0.5, 0.6) is 0 Å². The second kappa shape index (κ2) is 3.43. The Morgan fingerprint density at radius 3 is 2.56 bits per heavy atom. The molecule has 0 radical (unpaired) electrons. The number of esters is 1. The van der Waals surface area contributed by atoms with Crippen LogP contribution in [0.25, 0.3) is 0 Å². The number of rotatable bonds is 3. The van der Waals surface area contributed by atoms with Crippen molar-refractivity contribution in [1.29, 1.82) is 0 Å². The predicted molar refractivity (Wildman–Crippen MR) is 52.4 cm³/mol. The topological polar surface area (TPSA) is 84.9 Å². The van der Waals surface area contributed by atoms with E-state index in [2.05, 4.69) is 5.32 Å². The molecule has 0 bridgehead atoms. The number of carbonyl (C=O) groups excluding carboxylic acids is 2. The number of ether oxygens (including phenoxy) is 2. The quantitative estimate of drug-likeness (QED) is 0.594. The van der Waals surface area contributed by atoms with Gasteiger partial charge < -0.3 is 19.9 Å². The van der Waals surface area contributed by atoms with Crippen LogP contribution in [0.15, 0.2) is 0 Å². The van der Waals surface area contributed by atoms with Crippen LogP contribution < -0.4 is 5.32 Å². The van der Waals surface area contributed by atoms with Gasteiger partial charge in [-0.1, -0.05) is 13.8 Å². The summed E-state index contributed by atoms with van der Waals surface area (Å²) in [6.07, 6.45) is -2.52. The van der Waals surface area contributed by atoms with E-state index in [1.165, 1.54) is 7.11 Å².